The Morgan fingerprint density at radius 2 is 1.79 bits per heavy atom. The molecular weight excluding hydrogens is 496 g/mol. The van der Waals surface area contributed by atoms with Crippen molar-refractivity contribution in [2.45, 2.75) is 33.3 Å². The molecule has 0 unspecified atom stereocenters. The largest absolute Gasteiger partial charge is 0.493 e. The summed E-state index contributed by atoms with van der Waals surface area (Å²) in [4.78, 5) is 12.0. The zero-order chi connectivity index (χ0) is 24.3. The molecule has 0 aliphatic heterocycles. The van der Waals surface area contributed by atoms with Crippen LogP contribution in [0.1, 0.15) is 35.1 Å². The van der Waals surface area contributed by atoms with Crippen molar-refractivity contribution in [2.75, 3.05) is 13.7 Å². The van der Waals surface area contributed by atoms with Crippen LogP contribution >= 0.6 is 15.9 Å². The minimum atomic E-state index is -0.173. The van der Waals surface area contributed by atoms with E-state index in [1.165, 1.54) is 5.56 Å². The van der Waals surface area contributed by atoms with Gasteiger partial charge in [-0.3, -0.25) is 4.79 Å². The molecule has 7 heteroatoms. The molecule has 0 bridgehead atoms. The number of carbonyl (C=O) groups is 1. The molecule has 0 atom stereocenters. The number of benzene rings is 3. The molecule has 3 rings (SSSR count). The molecule has 178 valence electrons. The molecule has 3 aromatic rings. The summed E-state index contributed by atoms with van der Waals surface area (Å²) in [7, 11) is 1.59. The SMILES string of the molecule is COc1cc(/C=N/NC(=O)CCCOc2ccc(C)cc2Br)ccc1OCc1ccccc1C. The number of nitrogens with zero attached hydrogens (tertiary/aromatic N) is 1. The number of methoxy groups -OCH3 is 1. The minimum Gasteiger partial charge on any atom is -0.493 e. The van der Waals surface area contributed by atoms with E-state index >= 15 is 0 Å². The van der Waals surface area contributed by atoms with Crippen molar-refractivity contribution >= 4 is 28.1 Å². The number of aryl methyl sites for hydroxylation is 2. The number of hydrogen-bond acceptors (Lipinski definition) is 5. The maximum absolute atomic E-state index is 12.0. The van der Waals surface area contributed by atoms with E-state index in [1.807, 2.05) is 61.5 Å². The first kappa shape index (κ1) is 25.3. The predicted octanol–water partition coefficient (Wildman–Crippen LogP) is 5.96. The van der Waals surface area contributed by atoms with E-state index < -0.39 is 0 Å². The quantitative estimate of drug-likeness (QED) is 0.191. The molecule has 0 spiro atoms. The lowest BCUT2D eigenvalue weighted by Gasteiger charge is -2.12. The number of ether oxygens (including phenoxy) is 3. The van der Waals surface area contributed by atoms with Crippen LogP contribution in [-0.2, 0) is 11.4 Å². The third-order valence-corrected chi connectivity index (χ3v) is 5.75. The molecule has 0 fully saturated rings. The molecule has 0 saturated heterocycles. The molecule has 34 heavy (non-hydrogen) atoms. The Balaban J connectivity index is 1.44. The molecule has 0 aromatic heterocycles. The Kier molecular flexibility index (Phi) is 9.52. The number of carbonyl (C=O) groups excluding carboxylic acids is 1. The van der Waals surface area contributed by atoms with Crippen LogP contribution < -0.4 is 19.6 Å². The fourth-order valence-electron chi connectivity index (χ4n) is 3.18. The van der Waals surface area contributed by atoms with Crippen molar-refractivity contribution in [1.29, 1.82) is 0 Å². The second-order valence-electron chi connectivity index (χ2n) is 7.80. The molecule has 0 heterocycles. The van der Waals surface area contributed by atoms with Gasteiger partial charge in [-0.05, 0) is 88.8 Å². The number of amides is 1. The van der Waals surface area contributed by atoms with Gasteiger partial charge in [0.25, 0.3) is 0 Å². The van der Waals surface area contributed by atoms with Gasteiger partial charge in [-0.15, -0.1) is 0 Å². The van der Waals surface area contributed by atoms with Gasteiger partial charge in [-0.1, -0.05) is 30.3 Å². The summed E-state index contributed by atoms with van der Waals surface area (Å²) in [5.41, 5.74) is 6.78. The lowest BCUT2D eigenvalue weighted by Crippen LogP contribution is -2.18. The van der Waals surface area contributed by atoms with Gasteiger partial charge in [0.2, 0.25) is 5.91 Å². The van der Waals surface area contributed by atoms with Crippen LogP contribution in [0.15, 0.2) is 70.2 Å². The van der Waals surface area contributed by atoms with E-state index in [2.05, 4.69) is 39.4 Å². The average Bonchev–Trinajstić information content (AvgIpc) is 2.83. The van der Waals surface area contributed by atoms with E-state index in [-0.39, 0.29) is 5.91 Å². The van der Waals surface area contributed by atoms with Gasteiger partial charge in [0, 0.05) is 6.42 Å². The van der Waals surface area contributed by atoms with Gasteiger partial charge in [-0.25, -0.2) is 5.43 Å². The number of rotatable bonds is 11. The third-order valence-electron chi connectivity index (χ3n) is 5.13. The van der Waals surface area contributed by atoms with Gasteiger partial charge in [0.1, 0.15) is 12.4 Å². The zero-order valence-electron chi connectivity index (χ0n) is 19.6. The maximum Gasteiger partial charge on any atom is 0.240 e. The third kappa shape index (κ3) is 7.63. The van der Waals surface area contributed by atoms with Gasteiger partial charge < -0.3 is 14.2 Å². The van der Waals surface area contributed by atoms with E-state index in [0.29, 0.717) is 37.6 Å². The van der Waals surface area contributed by atoms with E-state index in [4.69, 9.17) is 14.2 Å². The zero-order valence-corrected chi connectivity index (χ0v) is 21.2. The van der Waals surface area contributed by atoms with Crippen LogP contribution in [0.3, 0.4) is 0 Å². The van der Waals surface area contributed by atoms with E-state index in [9.17, 15) is 4.79 Å². The fraction of sp³-hybridized carbons (Fsp3) is 0.259. The monoisotopic (exact) mass is 524 g/mol. The highest BCUT2D eigenvalue weighted by atomic mass is 79.9. The molecule has 0 radical (unpaired) electrons. The summed E-state index contributed by atoms with van der Waals surface area (Å²) in [6, 6.07) is 19.5. The number of nitrogens with one attached hydrogen (secondary N) is 1. The van der Waals surface area contributed by atoms with E-state index in [1.54, 1.807) is 13.3 Å². The molecule has 1 amide bonds. The summed E-state index contributed by atoms with van der Waals surface area (Å²) in [5.74, 6) is 1.84. The van der Waals surface area contributed by atoms with Crippen molar-refractivity contribution in [3.63, 3.8) is 0 Å². The first-order valence-electron chi connectivity index (χ1n) is 11.0. The smallest absolute Gasteiger partial charge is 0.240 e. The highest BCUT2D eigenvalue weighted by Gasteiger charge is 2.07. The number of hydrogen-bond donors (Lipinski definition) is 1. The van der Waals surface area contributed by atoms with Crippen LogP contribution in [0, 0.1) is 13.8 Å². The second kappa shape index (κ2) is 12.8. The van der Waals surface area contributed by atoms with Crippen molar-refractivity contribution in [2.24, 2.45) is 5.10 Å². The first-order valence-corrected chi connectivity index (χ1v) is 11.8. The van der Waals surface area contributed by atoms with Crippen LogP contribution in [-0.4, -0.2) is 25.8 Å². The Bertz CT molecular complexity index is 1150. The Morgan fingerprint density at radius 1 is 1.00 bits per heavy atom. The van der Waals surface area contributed by atoms with Gasteiger partial charge in [0.05, 0.1) is 24.4 Å². The average molecular weight is 525 g/mol. The molecule has 0 aliphatic carbocycles. The van der Waals surface area contributed by atoms with E-state index in [0.717, 1.165) is 26.9 Å². The lowest BCUT2D eigenvalue weighted by atomic mass is 10.1. The predicted molar refractivity (Wildman–Crippen MR) is 138 cm³/mol. The summed E-state index contributed by atoms with van der Waals surface area (Å²) >= 11 is 3.48. The second-order valence-corrected chi connectivity index (χ2v) is 8.66. The topological polar surface area (TPSA) is 69.2 Å². The molecule has 6 nitrogen and oxygen atoms in total. The van der Waals surface area contributed by atoms with Crippen molar-refractivity contribution in [3.8, 4) is 17.2 Å². The number of halogens is 1. The normalized spacial score (nSPS) is 10.8. The molecule has 0 saturated carbocycles. The first-order chi connectivity index (χ1) is 16.5. The maximum atomic E-state index is 12.0. The Labute approximate surface area is 209 Å². The molecule has 1 N–H and O–H groups in total. The fourth-order valence-corrected chi connectivity index (χ4v) is 3.79. The van der Waals surface area contributed by atoms with Crippen molar-refractivity contribution < 1.29 is 19.0 Å². The van der Waals surface area contributed by atoms with Gasteiger partial charge in [0.15, 0.2) is 11.5 Å². The Hall–Kier alpha value is -3.32. The van der Waals surface area contributed by atoms with Crippen LogP contribution in [0.4, 0.5) is 0 Å². The summed E-state index contributed by atoms with van der Waals surface area (Å²) in [6.07, 6.45) is 2.48. The summed E-state index contributed by atoms with van der Waals surface area (Å²) in [5, 5.41) is 4.04. The molecule has 3 aromatic carbocycles. The van der Waals surface area contributed by atoms with Crippen LogP contribution in [0.25, 0.3) is 0 Å². The Morgan fingerprint density at radius 3 is 2.56 bits per heavy atom. The minimum absolute atomic E-state index is 0.173. The molecule has 0 aliphatic rings. The summed E-state index contributed by atoms with van der Waals surface area (Å²) in [6.45, 7) is 4.97. The van der Waals surface area contributed by atoms with Gasteiger partial charge >= 0.3 is 0 Å². The molecular formula is C27H29BrN2O4. The highest BCUT2D eigenvalue weighted by molar-refractivity contribution is 9.10. The van der Waals surface area contributed by atoms with Crippen molar-refractivity contribution in [1.82, 2.24) is 5.43 Å². The van der Waals surface area contributed by atoms with Crippen LogP contribution in [0.2, 0.25) is 0 Å². The van der Waals surface area contributed by atoms with Crippen molar-refractivity contribution in [3.05, 3.63) is 87.4 Å². The lowest BCUT2D eigenvalue weighted by molar-refractivity contribution is -0.121. The highest BCUT2D eigenvalue weighted by Crippen LogP contribution is 2.29. The van der Waals surface area contributed by atoms with Crippen LogP contribution in [0.5, 0.6) is 17.2 Å². The van der Waals surface area contributed by atoms with Gasteiger partial charge in [-0.2, -0.15) is 5.10 Å². The standard InChI is InChI=1S/C27H29BrN2O4/c1-19-10-12-24(23(28)15-19)33-14-6-9-27(31)30-29-17-21-11-13-25(26(16-21)32-3)34-18-22-8-5-4-7-20(22)2/h4-5,7-8,10-13,15-17H,6,9,14,18H2,1-3H3,(H,30,31)/b29-17+. The number of hydrazone groups is 1. The summed E-state index contributed by atoms with van der Waals surface area (Å²) < 4.78 is 18.0.